The van der Waals surface area contributed by atoms with Gasteiger partial charge in [0.25, 0.3) is 0 Å². The maximum absolute atomic E-state index is 12.5. The lowest BCUT2D eigenvalue weighted by Gasteiger charge is -2.20. The van der Waals surface area contributed by atoms with Gasteiger partial charge in [-0.15, -0.1) is 11.8 Å². The number of alkyl halides is 3. The number of nitrogens with zero attached hydrogens (tertiary/aromatic N) is 1. The summed E-state index contributed by atoms with van der Waals surface area (Å²) in [6.45, 7) is 5.54. The second-order valence-corrected chi connectivity index (χ2v) is 8.03. The minimum Gasteiger partial charge on any atom is -0.324 e. The van der Waals surface area contributed by atoms with Crippen LogP contribution in [-0.4, -0.2) is 42.4 Å². The van der Waals surface area contributed by atoms with Crippen molar-refractivity contribution in [2.75, 3.05) is 30.0 Å². The van der Waals surface area contributed by atoms with Gasteiger partial charge in [-0.05, 0) is 44.0 Å². The van der Waals surface area contributed by atoms with E-state index in [-0.39, 0.29) is 18.1 Å². The topological polar surface area (TPSA) is 61.4 Å². The van der Waals surface area contributed by atoms with Crippen LogP contribution in [0.2, 0.25) is 0 Å². The van der Waals surface area contributed by atoms with E-state index in [0.29, 0.717) is 22.3 Å². The summed E-state index contributed by atoms with van der Waals surface area (Å²) in [5.74, 6) is -1.43. The predicted molar refractivity (Wildman–Crippen MR) is 114 cm³/mol. The molecule has 5 nitrogen and oxygen atoms in total. The van der Waals surface area contributed by atoms with Crippen molar-refractivity contribution in [1.82, 2.24) is 4.90 Å². The van der Waals surface area contributed by atoms with Gasteiger partial charge >= 0.3 is 12.2 Å². The molecule has 0 saturated carbocycles. The van der Waals surface area contributed by atoms with E-state index < -0.39 is 18.0 Å². The molecule has 0 heterocycles. The Balaban J connectivity index is 1.99. The van der Waals surface area contributed by atoms with Crippen molar-refractivity contribution in [3.63, 3.8) is 0 Å². The summed E-state index contributed by atoms with van der Waals surface area (Å²) in [4.78, 5) is 26.3. The summed E-state index contributed by atoms with van der Waals surface area (Å²) >= 11 is 0.590. The van der Waals surface area contributed by atoms with Gasteiger partial charge in [0.1, 0.15) is 6.54 Å². The number of likely N-dealkylation sites (N-methyl/N-ethyl adjacent to an activating group) is 1. The number of hydrogen-bond acceptors (Lipinski definition) is 3. The Morgan fingerprint density at radius 2 is 1.63 bits per heavy atom. The highest BCUT2D eigenvalue weighted by molar-refractivity contribution is 7.99. The van der Waals surface area contributed by atoms with Crippen molar-refractivity contribution in [1.29, 1.82) is 0 Å². The van der Waals surface area contributed by atoms with Gasteiger partial charge in [-0.3, -0.25) is 4.79 Å². The Morgan fingerprint density at radius 1 is 1.03 bits per heavy atom. The molecule has 0 atom stereocenters. The number of urea groups is 1. The number of carbonyl (C=O) groups excluding carboxylic acids is 2. The van der Waals surface area contributed by atoms with Crippen LogP contribution in [0, 0.1) is 20.8 Å². The molecule has 0 aliphatic rings. The number of hydrogen-bond donors (Lipinski definition) is 2. The quantitative estimate of drug-likeness (QED) is 0.595. The third-order valence-corrected chi connectivity index (χ3v) is 5.33. The molecule has 0 bridgehead atoms. The molecule has 162 valence electrons. The first kappa shape index (κ1) is 23.6. The van der Waals surface area contributed by atoms with Gasteiger partial charge < -0.3 is 15.5 Å². The molecule has 0 aliphatic carbocycles. The average Bonchev–Trinajstić information content (AvgIpc) is 2.63. The summed E-state index contributed by atoms with van der Waals surface area (Å²) in [6.07, 6.45) is -4.32. The maximum atomic E-state index is 12.5. The minimum absolute atomic E-state index is 0.212. The Hall–Kier alpha value is -2.68. The highest BCUT2D eigenvalue weighted by Gasteiger charge is 2.28. The van der Waals surface area contributed by atoms with Crippen LogP contribution in [0.5, 0.6) is 0 Å². The van der Waals surface area contributed by atoms with Crippen molar-refractivity contribution >= 4 is 35.1 Å². The largest absolute Gasteiger partial charge is 0.398 e. The number of para-hydroxylation sites is 1. The van der Waals surface area contributed by atoms with Crippen molar-refractivity contribution in [3.8, 4) is 0 Å². The van der Waals surface area contributed by atoms with Gasteiger partial charge in [0.2, 0.25) is 5.91 Å². The fraction of sp³-hybridized carbons (Fsp3) is 0.333. The van der Waals surface area contributed by atoms with Gasteiger partial charge in [0.15, 0.2) is 0 Å². The third kappa shape index (κ3) is 6.98. The molecular formula is C21H24F3N3O2S. The van der Waals surface area contributed by atoms with E-state index in [4.69, 9.17) is 0 Å². The summed E-state index contributed by atoms with van der Waals surface area (Å²) in [7, 11) is 1.44. The van der Waals surface area contributed by atoms with Crippen LogP contribution in [0.15, 0.2) is 41.3 Å². The summed E-state index contributed by atoms with van der Waals surface area (Å²) in [5.41, 5.74) is 3.89. The molecule has 0 unspecified atom stereocenters. The molecule has 2 rings (SSSR count). The van der Waals surface area contributed by atoms with E-state index >= 15 is 0 Å². The molecule has 2 aromatic carbocycles. The Kier molecular flexibility index (Phi) is 7.77. The molecule has 0 aliphatic heterocycles. The van der Waals surface area contributed by atoms with Gasteiger partial charge in [-0.25, -0.2) is 4.79 Å². The van der Waals surface area contributed by atoms with Crippen LogP contribution in [0.4, 0.5) is 29.3 Å². The molecule has 0 radical (unpaired) electrons. The standard InChI is InChI=1S/C21H24F3N3O2S/c1-13-9-14(2)19(15(3)10-13)26-18(28)11-27(4)20(29)25-16-7-5-6-8-17(16)30-12-21(22,23)24/h5-10H,11-12H2,1-4H3,(H,25,29)(H,26,28). The number of anilines is 2. The number of thioether (sulfide) groups is 1. The van der Waals surface area contributed by atoms with Gasteiger partial charge in [-0.2, -0.15) is 13.2 Å². The molecule has 3 amide bonds. The summed E-state index contributed by atoms with van der Waals surface area (Å²) in [5, 5.41) is 5.38. The van der Waals surface area contributed by atoms with Crippen molar-refractivity contribution in [2.45, 2.75) is 31.8 Å². The van der Waals surface area contributed by atoms with Crippen LogP contribution in [0.3, 0.4) is 0 Å². The monoisotopic (exact) mass is 439 g/mol. The molecule has 2 aromatic rings. The average molecular weight is 440 g/mol. The molecular weight excluding hydrogens is 415 g/mol. The lowest BCUT2D eigenvalue weighted by atomic mass is 10.1. The van der Waals surface area contributed by atoms with Crippen molar-refractivity contribution in [3.05, 3.63) is 53.1 Å². The fourth-order valence-electron chi connectivity index (χ4n) is 2.91. The number of amides is 3. The highest BCUT2D eigenvalue weighted by atomic mass is 32.2. The van der Waals surface area contributed by atoms with E-state index in [1.54, 1.807) is 12.1 Å². The normalized spacial score (nSPS) is 11.2. The Bertz CT molecular complexity index is 909. The zero-order valence-electron chi connectivity index (χ0n) is 17.2. The molecule has 0 spiro atoms. The van der Waals surface area contributed by atoms with Crippen LogP contribution < -0.4 is 10.6 Å². The van der Waals surface area contributed by atoms with E-state index in [1.165, 1.54) is 24.1 Å². The number of carbonyl (C=O) groups is 2. The maximum Gasteiger partial charge on any atom is 0.398 e. The Morgan fingerprint density at radius 3 is 2.23 bits per heavy atom. The van der Waals surface area contributed by atoms with E-state index in [1.807, 2.05) is 32.9 Å². The SMILES string of the molecule is Cc1cc(C)c(NC(=O)CN(C)C(=O)Nc2ccccc2SCC(F)(F)F)c(C)c1. The first-order valence-corrected chi connectivity index (χ1v) is 10.1. The molecule has 0 saturated heterocycles. The van der Waals surface area contributed by atoms with E-state index in [0.717, 1.165) is 16.7 Å². The number of halogens is 3. The minimum atomic E-state index is -4.32. The van der Waals surface area contributed by atoms with Crippen molar-refractivity contribution in [2.24, 2.45) is 0 Å². The van der Waals surface area contributed by atoms with Crippen LogP contribution in [0.25, 0.3) is 0 Å². The molecule has 30 heavy (non-hydrogen) atoms. The molecule has 2 N–H and O–H groups in total. The predicted octanol–water partition coefficient (Wildman–Crippen LogP) is 5.37. The molecule has 0 fully saturated rings. The van der Waals surface area contributed by atoms with E-state index in [9.17, 15) is 22.8 Å². The number of nitrogens with one attached hydrogen (secondary N) is 2. The second kappa shape index (κ2) is 9.88. The third-order valence-electron chi connectivity index (χ3n) is 4.19. The first-order valence-electron chi connectivity index (χ1n) is 9.14. The zero-order valence-corrected chi connectivity index (χ0v) is 18.0. The number of benzene rings is 2. The smallest absolute Gasteiger partial charge is 0.324 e. The van der Waals surface area contributed by atoms with Gasteiger partial charge in [0, 0.05) is 17.6 Å². The fourth-order valence-corrected chi connectivity index (χ4v) is 3.68. The number of rotatable bonds is 6. The molecule has 9 heteroatoms. The summed E-state index contributed by atoms with van der Waals surface area (Å²) < 4.78 is 37.5. The lowest BCUT2D eigenvalue weighted by molar-refractivity contribution is -0.116. The van der Waals surface area contributed by atoms with Gasteiger partial charge in [-0.1, -0.05) is 29.8 Å². The van der Waals surface area contributed by atoms with Crippen LogP contribution in [0.1, 0.15) is 16.7 Å². The highest BCUT2D eigenvalue weighted by Crippen LogP contribution is 2.32. The molecule has 0 aromatic heterocycles. The second-order valence-electron chi connectivity index (χ2n) is 7.01. The lowest BCUT2D eigenvalue weighted by Crippen LogP contribution is -2.38. The number of aryl methyl sites for hydroxylation is 3. The summed E-state index contributed by atoms with van der Waals surface area (Å²) in [6, 6.07) is 9.54. The van der Waals surface area contributed by atoms with Crippen molar-refractivity contribution < 1.29 is 22.8 Å². The first-order chi connectivity index (χ1) is 14.0. The van der Waals surface area contributed by atoms with Crippen LogP contribution >= 0.6 is 11.8 Å². The van der Waals surface area contributed by atoms with Gasteiger partial charge in [0.05, 0.1) is 11.4 Å². The Labute approximate surface area is 178 Å². The zero-order chi connectivity index (χ0) is 22.5. The van der Waals surface area contributed by atoms with E-state index in [2.05, 4.69) is 10.6 Å². The van der Waals surface area contributed by atoms with Crippen LogP contribution in [-0.2, 0) is 4.79 Å².